The molecule has 1 nitrogen and oxygen atoms in total. The van der Waals surface area contributed by atoms with Gasteiger partial charge in [0.15, 0.2) is 11.6 Å². The van der Waals surface area contributed by atoms with E-state index in [9.17, 15) is 13.2 Å². The van der Waals surface area contributed by atoms with Crippen LogP contribution in [-0.2, 0) is 0 Å². The number of halogens is 3. The first kappa shape index (κ1) is 15.2. The molecule has 1 aromatic rings. The molecule has 0 saturated heterocycles. The molecule has 1 N–H and O–H groups in total. The maximum absolute atomic E-state index is 13.7. The summed E-state index contributed by atoms with van der Waals surface area (Å²) in [6, 6.07) is 1.41. The molecule has 1 aliphatic rings. The standard InChI is InChI=1S/C16H22F3N/c1-15(2)7-11(8-16(3,4)9-15)20-14-12(18)5-10(17)6-13(14)19/h5-6,11,20H,7-9H2,1-4H3. The van der Waals surface area contributed by atoms with E-state index in [1.807, 2.05) is 0 Å². The molecule has 0 aliphatic heterocycles. The number of rotatable bonds is 2. The molecule has 20 heavy (non-hydrogen) atoms. The molecule has 0 bridgehead atoms. The molecule has 1 fully saturated rings. The first-order valence-electron chi connectivity index (χ1n) is 6.99. The number of hydrogen-bond donors (Lipinski definition) is 1. The van der Waals surface area contributed by atoms with Crippen molar-refractivity contribution < 1.29 is 13.2 Å². The van der Waals surface area contributed by atoms with Crippen LogP contribution in [0.5, 0.6) is 0 Å². The van der Waals surface area contributed by atoms with E-state index in [1.165, 1.54) is 0 Å². The zero-order chi connectivity index (χ0) is 15.1. The zero-order valence-electron chi connectivity index (χ0n) is 12.5. The summed E-state index contributed by atoms with van der Waals surface area (Å²) in [7, 11) is 0. The van der Waals surface area contributed by atoms with Crippen molar-refractivity contribution in [2.24, 2.45) is 10.8 Å². The summed E-state index contributed by atoms with van der Waals surface area (Å²) in [5, 5.41) is 2.94. The van der Waals surface area contributed by atoms with Gasteiger partial charge in [0.05, 0.1) is 0 Å². The van der Waals surface area contributed by atoms with E-state index in [0.29, 0.717) is 12.1 Å². The largest absolute Gasteiger partial charge is 0.378 e. The fourth-order valence-electron chi connectivity index (χ4n) is 3.83. The Bertz CT molecular complexity index is 469. The highest BCUT2D eigenvalue weighted by molar-refractivity contribution is 5.47. The Balaban J connectivity index is 2.22. The second kappa shape index (κ2) is 4.97. The summed E-state index contributed by atoms with van der Waals surface area (Å²) in [6.45, 7) is 8.67. The van der Waals surface area contributed by atoms with Crippen LogP contribution in [0.15, 0.2) is 12.1 Å². The van der Waals surface area contributed by atoms with Crippen molar-refractivity contribution in [3.8, 4) is 0 Å². The summed E-state index contributed by atoms with van der Waals surface area (Å²) in [5.74, 6) is -2.64. The van der Waals surface area contributed by atoms with Gasteiger partial charge >= 0.3 is 0 Å². The average molecular weight is 285 g/mol. The molecule has 1 aromatic carbocycles. The van der Waals surface area contributed by atoms with Gasteiger partial charge in [-0.3, -0.25) is 0 Å². The summed E-state index contributed by atoms with van der Waals surface area (Å²) >= 11 is 0. The van der Waals surface area contributed by atoms with E-state index in [2.05, 4.69) is 33.0 Å². The third-order valence-corrected chi connectivity index (χ3v) is 3.91. The van der Waals surface area contributed by atoms with Crippen LogP contribution in [0.1, 0.15) is 47.0 Å². The van der Waals surface area contributed by atoms with Crippen molar-refractivity contribution in [2.45, 2.75) is 53.0 Å². The molecule has 1 aliphatic carbocycles. The van der Waals surface area contributed by atoms with E-state index in [0.717, 1.165) is 19.3 Å². The van der Waals surface area contributed by atoms with E-state index in [4.69, 9.17) is 0 Å². The highest BCUT2D eigenvalue weighted by Crippen LogP contribution is 2.46. The smallest absolute Gasteiger partial charge is 0.152 e. The summed E-state index contributed by atoms with van der Waals surface area (Å²) in [6.07, 6.45) is 2.76. The predicted octanol–water partition coefficient (Wildman–Crippen LogP) is 5.12. The predicted molar refractivity (Wildman–Crippen MR) is 75.1 cm³/mol. The zero-order valence-corrected chi connectivity index (χ0v) is 12.5. The van der Waals surface area contributed by atoms with Gasteiger partial charge in [-0.05, 0) is 30.1 Å². The second-order valence-corrected chi connectivity index (χ2v) is 7.50. The monoisotopic (exact) mass is 285 g/mol. The fourth-order valence-corrected chi connectivity index (χ4v) is 3.83. The van der Waals surface area contributed by atoms with Gasteiger partial charge < -0.3 is 5.32 Å². The summed E-state index contributed by atoms with van der Waals surface area (Å²) < 4.78 is 40.3. The molecule has 2 rings (SSSR count). The lowest BCUT2D eigenvalue weighted by atomic mass is 9.63. The van der Waals surface area contributed by atoms with Gasteiger partial charge in [-0.15, -0.1) is 0 Å². The van der Waals surface area contributed by atoms with Gasteiger partial charge in [0.25, 0.3) is 0 Å². The normalized spacial score (nSPS) is 21.8. The van der Waals surface area contributed by atoms with Crippen LogP contribution in [0.3, 0.4) is 0 Å². The van der Waals surface area contributed by atoms with Crippen LogP contribution in [-0.4, -0.2) is 6.04 Å². The molecule has 0 heterocycles. The molecule has 0 aromatic heterocycles. The molecule has 0 atom stereocenters. The number of benzene rings is 1. The van der Waals surface area contributed by atoms with Crippen molar-refractivity contribution in [1.82, 2.24) is 0 Å². The molecular weight excluding hydrogens is 263 g/mol. The number of anilines is 1. The van der Waals surface area contributed by atoms with E-state index in [-0.39, 0.29) is 22.6 Å². The summed E-state index contributed by atoms with van der Waals surface area (Å²) in [5.41, 5.74) is 0.0172. The number of nitrogens with one attached hydrogen (secondary N) is 1. The minimum Gasteiger partial charge on any atom is -0.378 e. The third-order valence-electron chi connectivity index (χ3n) is 3.91. The van der Waals surface area contributed by atoms with E-state index in [1.54, 1.807) is 0 Å². The Kier molecular flexibility index (Phi) is 3.78. The minimum atomic E-state index is -0.894. The molecular formula is C16H22F3N. The third kappa shape index (κ3) is 3.47. The fraction of sp³-hybridized carbons (Fsp3) is 0.625. The maximum atomic E-state index is 13.7. The van der Waals surface area contributed by atoms with Gasteiger partial charge in [-0.25, -0.2) is 13.2 Å². The van der Waals surface area contributed by atoms with Gasteiger partial charge in [0, 0.05) is 18.2 Å². The van der Waals surface area contributed by atoms with Crippen molar-refractivity contribution in [3.63, 3.8) is 0 Å². The first-order chi connectivity index (χ1) is 9.08. The first-order valence-corrected chi connectivity index (χ1v) is 6.99. The Labute approximate surface area is 118 Å². The van der Waals surface area contributed by atoms with Crippen LogP contribution in [0, 0.1) is 28.3 Å². The quantitative estimate of drug-likeness (QED) is 0.795. The van der Waals surface area contributed by atoms with Crippen LogP contribution in [0.25, 0.3) is 0 Å². The number of hydrogen-bond acceptors (Lipinski definition) is 1. The maximum Gasteiger partial charge on any atom is 0.152 e. The van der Waals surface area contributed by atoms with Gasteiger partial charge in [0.1, 0.15) is 11.5 Å². The van der Waals surface area contributed by atoms with Gasteiger partial charge in [-0.1, -0.05) is 27.7 Å². The molecule has 0 amide bonds. The molecule has 0 unspecified atom stereocenters. The van der Waals surface area contributed by atoms with Crippen molar-refractivity contribution >= 4 is 5.69 Å². The molecule has 0 radical (unpaired) electrons. The SMILES string of the molecule is CC1(C)CC(Nc2c(F)cc(F)cc2F)CC(C)(C)C1. The lowest BCUT2D eigenvalue weighted by Crippen LogP contribution is -2.40. The Hall–Kier alpha value is -1.19. The lowest BCUT2D eigenvalue weighted by Gasteiger charge is -2.45. The summed E-state index contributed by atoms with van der Waals surface area (Å²) in [4.78, 5) is 0. The molecule has 0 spiro atoms. The van der Waals surface area contributed by atoms with Crippen molar-refractivity contribution in [1.29, 1.82) is 0 Å². The highest BCUT2D eigenvalue weighted by Gasteiger charge is 2.38. The lowest BCUT2D eigenvalue weighted by molar-refractivity contribution is 0.105. The molecule has 1 saturated carbocycles. The Morgan fingerprint density at radius 3 is 1.85 bits per heavy atom. The Morgan fingerprint density at radius 2 is 1.40 bits per heavy atom. The van der Waals surface area contributed by atoms with Gasteiger partial charge in [-0.2, -0.15) is 0 Å². The van der Waals surface area contributed by atoms with Crippen LogP contribution < -0.4 is 5.32 Å². The Morgan fingerprint density at radius 1 is 0.950 bits per heavy atom. The van der Waals surface area contributed by atoms with Crippen molar-refractivity contribution in [2.75, 3.05) is 5.32 Å². The molecule has 4 heteroatoms. The van der Waals surface area contributed by atoms with Crippen LogP contribution in [0.4, 0.5) is 18.9 Å². The van der Waals surface area contributed by atoms with Crippen LogP contribution >= 0.6 is 0 Å². The van der Waals surface area contributed by atoms with Gasteiger partial charge in [0.2, 0.25) is 0 Å². The van der Waals surface area contributed by atoms with Crippen molar-refractivity contribution in [3.05, 3.63) is 29.6 Å². The van der Waals surface area contributed by atoms with E-state index < -0.39 is 17.5 Å². The topological polar surface area (TPSA) is 12.0 Å². The highest BCUT2D eigenvalue weighted by atomic mass is 19.1. The minimum absolute atomic E-state index is 0.0109. The average Bonchev–Trinajstić information content (AvgIpc) is 2.18. The molecule has 112 valence electrons. The van der Waals surface area contributed by atoms with E-state index >= 15 is 0 Å². The van der Waals surface area contributed by atoms with Crippen LogP contribution in [0.2, 0.25) is 0 Å². The second-order valence-electron chi connectivity index (χ2n) is 7.50.